The smallest absolute Gasteiger partial charge is 0.150 e. The van der Waals surface area contributed by atoms with Gasteiger partial charge in [0, 0.05) is 4.83 Å². The first-order valence-electron chi connectivity index (χ1n) is 6.43. The van der Waals surface area contributed by atoms with Gasteiger partial charge in [0.05, 0.1) is 11.5 Å². The van der Waals surface area contributed by atoms with Crippen molar-refractivity contribution in [3.63, 3.8) is 0 Å². The van der Waals surface area contributed by atoms with Gasteiger partial charge in [0.2, 0.25) is 0 Å². The lowest BCUT2D eigenvalue weighted by molar-refractivity contribution is 0.378. The highest BCUT2D eigenvalue weighted by atomic mass is 79.9. The molecule has 1 aliphatic heterocycles. The summed E-state index contributed by atoms with van der Waals surface area (Å²) >= 11 is 3.79. The van der Waals surface area contributed by atoms with Crippen molar-refractivity contribution in [1.82, 2.24) is 0 Å². The average molecular weight is 309 g/mol. The predicted octanol–water partition coefficient (Wildman–Crippen LogP) is 3.16. The lowest BCUT2D eigenvalue weighted by Crippen LogP contribution is -2.24. The lowest BCUT2D eigenvalue weighted by Gasteiger charge is -2.25. The van der Waals surface area contributed by atoms with E-state index in [1.165, 1.54) is 38.5 Å². The van der Waals surface area contributed by atoms with Crippen LogP contribution in [0.5, 0.6) is 0 Å². The highest BCUT2D eigenvalue weighted by molar-refractivity contribution is 9.09. The quantitative estimate of drug-likeness (QED) is 0.580. The second-order valence-corrected chi connectivity index (χ2v) is 8.65. The molecule has 0 bridgehead atoms. The number of hydrogen-bond acceptors (Lipinski definition) is 2. The largest absolute Gasteiger partial charge is 0.229 e. The van der Waals surface area contributed by atoms with E-state index in [0.29, 0.717) is 28.2 Å². The number of alkyl halides is 1. The van der Waals surface area contributed by atoms with Gasteiger partial charge in [0.1, 0.15) is 0 Å². The fraction of sp³-hybridized carbons (Fsp3) is 1.00. The summed E-state index contributed by atoms with van der Waals surface area (Å²) < 4.78 is 23.0. The molecule has 0 spiro atoms. The Morgan fingerprint density at radius 3 is 2.06 bits per heavy atom. The number of sulfone groups is 1. The van der Waals surface area contributed by atoms with E-state index in [1.54, 1.807) is 0 Å². The molecule has 0 aromatic carbocycles. The molecule has 0 amide bonds. The van der Waals surface area contributed by atoms with Gasteiger partial charge in [-0.15, -0.1) is 0 Å². The molecule has 0 aromatic rings. The Morgan fingerprint density at radius 1 is 0.938 bits per heavy atom. The third-order valence-electron chi connectivity index (χ3n) is 4.07. The van der Waals surface area contributed by atoms with Crippen molar-refractivity contribution in [1.29, 1.82) is 0 Å². The zero-order valence-corrected chi connectivity index (χ0v) is 12.1. The first-order chi connectivity index (χ1) is 7.58. The van der Waals surface area contributed by atoms with E-state index in [9.17, 15) is 8.42 Å². The molecule has 1 heterocycles. The van der Waals surface area contributed by atoms with Crippen LogP contribution >= 0.6 is 15.9 Å². The summed E-state index contributed by atoms with van der Waals surface area (Å²) in [7, 11) is -2.72. The standard InChI is InChI=1S/C12H21BrO2S/c13-12(10-5-3-1-2-4-6-10)11-7-8-16(14,15)9-11/h10-12H,1-9H2. The Bertz CT molecular complexity index is 318. The Kier molecular flexibility index (Phi) is 4.33. The molecule has 4 heteroatoms. The topological polar surface area (TPSA) is 34.1 Å². The van der Waals surface area contributed by atoms with Crippen molar-refractivity contribution in [2.24, 2.45) is 11.8 Å². The molecule has 1 aliphatic carbocycles. The Morgan fingerprint density at radius 2 is 1.56 bits per heavy atom. The highest BCUT2D eigenvalue weighted by Gasteiger charge is 2.36. The van der Waals surface area contributed by atoms with Gasteiger partial charge in [-0.25, -0.2) is 8.42 Å². The fourth-order valence-corrected chi connectivity index (χ4v) is 6.17. The van der Waals surface area contributed by atoms with Crippen LogP contribution in [0.3, 0.4) is 0 Å². The van der Waals surface area contributed by atoms with Gasteiger partial charge in [-0.05, 0) is 31.1 Å². The summed E-state index contributed by atoms with van der Waals surface area (Å²) in [6, 6.07) is 0. The SMILES string of the molecule is O=S1(=O)CCC(C(Br)C2CCCCCC2)C1. The minimum absolute atomic E-state index is 0.369. The van der Waals surface area contributed by atoms with E-state index in [1.807, 2.05) is 0 Å². The van der Waals surface area contributed by atoms with Crippen LogP contribution in [0, 0.1) is 11.8 Å². The third kappa shape index (κ3) is 3.22. The zero-order valence-electron chi connectivity index (χ0n) is 9.70. The van der Waals surface area contributed by atoms with E-state index < -0.39 is 9.84 Å². The third-order valence-corrected chi connectivity index (χ3v) is 7.36. The molecule has 1 saturated heterocycles. The molecule has 2 aliphatic rings. The van der Waals surface area contributed by atoms with Gasteiger partial charge in [0.25, 0.3) is 0 Å². The molecule has 16 heavy (non-hydrogen) atoms. The Labute approximate surface area is 107 Å². The maximum absolute atomic E-state index is 11.5. The maximum Gasteiger partial charge on any atom is 0.150 e. The van der Waals surface area contributed by atoms with E-state index in [0.717, 1.165) is 6.42 Å². The first-order valence-corrected chi connectivity index (χ1v) is 9.17. The van der Waals surface area contributed by atoms with Crippen molar-refractivity contribution in [3.05, 3.63) is 0 Å². The van der Waals surface area contributed by atoms with Crippen LogP contribution in [0.25, 0.3) is 0 Å². The summed E-state index contributed by atoms with van der Waals surface area (Å²) in [6.07, 6.45) is 8.81. The van der Waals surface area contributed by atoms with Crippen molar-refractivity contribution < 1.29 is 8.42 Å². The van der Waals surface area contributed by atoms with E-state index in [2.05, 4.69) is 15.9 Å². The molecule has 2 fully saturated rings. The maximum atomic E-state index is 11.5. The highest BCUT2D eigenvalue weighted by Crippen LogP contribution is 2.37. The van der Waals surface area contributed by atoms with Gasteiger partial charge >= 0.3 is 0 Å². The van der Waals surface area contributed by atoms with Crippen molar-refractivity contribution in [2.45, 2.75) is 49.8 Å². The number of rotatable bonds is 2. The molecule has 0 aromatic heterocycles. The molecule has 1 saturated carbocycles. The average Bonchev–Trinajstić information content (AvgIpc) is 2.48. The van der Waals surface area contributed by atoms with E-state index >= 15 is 0 Å². The van der Waals surface area contributed by atoms with Gasteiger partial charge < -0.3 is 0 Å². The van der Waals surface area contributed by atoms with Crippen LogP contribution in [0.15, 0.2) is 0 Å². The summed E-state index contributed by atoms with van der Waals surface area (Å²) in [6.45, 7) is 0. The van der Waals surface area contributed by atoms with E-state index in [-0.39, 0.29) is 0 Å². The summed E-state index contributed by atoms with van der Waals surface area (Å²) in [5.41, 5.74) is 0. The molecule has 2 rings (SSSR count). The van der Waals surface area contributed by atoms with Gasteiger partial charge in [-0.2, -0.15) is 0 Å². The molecule has 2 atom stereocenters. The first kappa shape index (κ1) is 12.9. The lowest BCUT2D eigenvalue weighted by atomic mass is 9.88. The number of halogens is 1. The van der Waals surface area contributed by atoms with Gasteiger partial charge in [-0.3, -0.25) is 0 Å². The summed E-state index contributed by atoms with van der Waals surface area (Å²) in [4.78, 5) is 0.433. The predicted molar refractivity (Wildman–Crippen MR) is 70.7 cm³/mol. The minimum Gasteiger partial charge on any atom is -0.229 e. The Hall–Kier alpha value is 0.430. The van der Waals surface area contributed by atoms with Crippen molar-refractivity contribution >= 4 is 25.8 Å². The molecule has 2 unspecified atom stereocenters. The van der Waals surface area contributed by atoms with Crippen molar-refractivity contribution in [2.75, 3.05) is 11.5 Å². The zero-order chi connectivity index (χ0) is 11.6. The molecule has 2 nitrogen and oxygen atoms in total. The van der Waals surface area contributed by atoms with Crippen LogP contribution in [0.2, 0.25) is 0 Å². The molecule has 94 valence electrons. The monoisotopic (exact) mass is 308 g/mol. The molecule has 0 N–H and O–H groups in total. The van der Waals surface area contributed by atoms with Gasteiger partial charge in [0.15, 0.2) is 9.84 Å². The van der Waals surface area contributed by atoms with Crippen LogP contribution in [-0.2, 0) is 9.84 Å². The molecular formula is C12H21BrO2S. The fourth-order valence-electron chi connectivity index (χ4n) is 3.09. The summed E-state index contributed by atoms with van der Waals surface area (Å²) in [5.74, 6) is 1.90. The minimum atomic E-state index is -2.72. The van der Waals surface area contributed by atoms with Crippen molar-refractivity contribution in [3.8, 4) is 0 Å². The van der Waals surface area contributed by atoms with Gasteiger partial charge in [-0.1, -0.05) is 41.6 Å². The Balaban J connectivity index is 1.93. The van der Waals surface area contributed by atoms with E-state index in [4.69, 9.17) is 0 Å². The summed E-state index contributed by atoms with van der Waals surface area (Å²) in [5, 5.41) is 0. The van der Waals surface area contributed by atoms with Crippen LogP contribution in [-0.4, -0.2) is 24.8 Å². The van der Waals surface area contributed by atoms with Crippen LogP contribution < -0.4 is 0 Å². The molecule has 0 radical (unpaired) electrons. The molecular weight excluding hydrogens is 288 g/mol. The van der Waals surface area contributed by atoms with Crippen LogP contribution in [0.1, 0.15) is 44.9 Å². The van der Waals surface area contributed by atoms with Crippen LogP contribution in [0.4, 0.5) is 0 Å². The normalized spacial score (nSPS) is 33.4. The second kappa shape index (κ2) is 5.38. The number of hydrogen-bond donors (Lipinski definition) is 0. The second-order valence-electron chi connectivity index (χ2n) is 5.36.